The molecule has 1 amide bonds. The highest BCUT2D eigenvalue weighted by Gasteiger charge is 2.18. The molecule has 0 aromatic heterocycles. The van der Waals surface area contributed by atoms with E-state index < -0.39 is 10.8 Å². The Balaban J connectivity index is 3.08. The topological polar surface area (TPSA) is 98.3 Å². The summed E-state index contributed by atoms with van der Waals surface area (Å²) in [4.78, 5) is 21.4. The smallest absolute Gasteiger partial charge is 0.292 e. The fourth-order valence-corrected chi connectivity index (χ4v) is 1.35. The summed E-state index contributed by atoms with van der Waals surface area (Å²) < 4.78 is 0. The Morgan fingerprint density at radius 3 is 2.50 bits per heavy atom. The molecule has 0 aliphatic rings. The van der Waals surface area contributed by atoms with Crippen molar-refractivity contribution in [3.05, 3.63) is 33.9 Å². The SMILES string of the molecule is CC(C)(C)CNc1cc(C(N)=O)ccc1[N+](=O)[O-]. The van der Waals surface area contributed by atoms with Gasteiger partial charge in [0.1, 0.15) is 5.69 Å². The van der Waals surface area contributed by atoms with E-state index >= 15 is 0 Å². The number of nitrogens with two attached hydrogens (primary N) is 1. The number of hydrogen-bond acceptors (Lipinski definition) is 4. The summed E-state index contributed by atoms with van der Waals surface area (Å²) in [5.41, 5.74) is 5.62. The zero-order valence-electron chi connectivity index (χ0n) is 10.7. The summed E-state index contributed by atoms with van der Waals surface area (Å²) >= 11 is 0. The Morgan fingerprint density at radius 2 is 2.06 bits per heavy atom. The van der Waals surface area contributed by atoms with Crippen molar-refractivity contribution in [2.24, 2.45) is 11.1 Å². The predicted molar refractivity (Wildman–Crippen MR) is 69.6 cm³/mol. The first kappa shape index (κ1) is 14.0. The molecule has 6 heteroatoms. The molecule has 0 fully saturated rings. The fourth-order valence-electron chi connectivity index (χ4n) is 1.35. The minimum atomic E-state index is -0.608. The van der Waals surface area contributed by atoms with Gasteiger partial charge >= 0.3 is 0 Å². The number of nitro groups is 1. The average Bonchev–Trinajstić information content (AvgIpc) is 2.24. The summed E-state index contributed by atoms with van der Waals surface area (Å²) in [7, 11) is 0. The molecule has 0 atom stereocenters. The molecule has 98 valence electrons. The van der Waals surface area contributed by atoms with E-state index in [-0.39, 0.29) is 16.7 Å². The van der Waals surface area contributed by atoms with Crippen LogP contribution in [0.3, 0.4) is 0 Å². The molecule has 0 heterocycles. The van der Waals surface area contributed by atoms with Crippen LogP contribution >= 0.6 is 0 Å². The maximum atomic E-state index is 11.1. The van der Waals surface area contributed by atoms with Crippen LogP contribution in [0, 0.1) is 15.5 Å². The van der Waals surface area contributed by atoms with Gasteiger partial charge in [-0.25, -0.2) is 0 Å². The minimum absolute atomic E-state index is 0.0312. The maximum absolute atomic E-state index is 11.1. The number of hydrogen-bond donors (Lipinski definition) is 2. The zero-order chi connectivity index (χ0) is 13.9. The highest BCUT2D eigenvalue weighted by Crippen LogP contribution is 2.26. The fraction of sp³-hybridized carbons (Fsp3) is 0.417. The number of carbonyl (C=O) groups is 1. The number of anilines is 1. The summed E-state index contributed by atoms with van der Waals surface area (Å²) in [5, 5.41) is 13.9. The van der Waals surface area contributed by atoms with Crippen LogP contribution in [-0.4, -0.2) is 17.4 Å². The second-order valence-electron chi connectivity index (χ2n) is 5.27. The number of amides is 1. The number of benzene rings is 1. The van der Waals surface area contributed by atoms with Gasteiger partial charge in [0.05, 0.1) is 4.92 Å². The predicted octanol–water partition coefficient (Wildman–Crippen LogP) is 2.15. The third kappa shape index (κ3) is 3.73. The van der Waals surface area contributed by atoms with Gasteiger partial charge in [0.2, 0.25) is 5.91 Å². The van der Waals surface area contributed by atoms with Gasteiger partial charge in [0.25, 0.3) is 5.69 Å². The second-order valence-corrected chi connectivity index (χ2v) is 5.27. The van der Waals surface area contributed by atoms with Crippen LogP contribution in [-0.2, 0) is 0 Å². The highest BCUT2D eigenvalue weighted by molar-refractivity contribution is 5.94. The molecule has 1 aromatic rings. The molecular weight excluding hydrogens is 234 g/mol. The van der Waals surface area contributed by atoms with E-state index in [1.807, 2.05) is 20.8 Å². The van der Waals surface area contributed by atoms with Crippen molar-refractivity contribution in [3.8, 4) is 0 Å². The molecule has 0 unspecified atom stereocenters. The first-order valence-electron chi connectivity index (χ1n) is 5.53. The lowest BCUT2D eigenvalue weighted by Crippen LogP contribution is -2.20. The lowest BCUT2D eigenvalue weighted by Gasteiger charge is -2.19. The van der Waals surface area contributed by atoms with Crippen molar-refractivity contribution >= 4 is 17.3 Å². The Morgan fingerprint density at radius 1 is 1.44 bits per heavy atom. The molecular formula is C12H17N3O3. The van der Waals surface area contributed by atoms with Gasteiger partial charge in [0.15, 0.2) is 0 Å². The van der Waals surface area contributed by atoms with Crippen LogP contribution in [0.15, 0.2) is 18.2 Å². The van der Waals surface area contributed by atoms with Crippen molar-refractivity contribution in [1.29, 1.82) is 0 Å². The molecule has 1 aromatic carbocycles. The molecule has 0 saturated heterocycles. The third-order valence-corrected chi connectivity index (χ3v) is 2.29. The third-order valence-electron chi connectivity index (χ3n) is 2.29. The molecule has 0 aliphatic carbocycles. The number of carbonyl (C=O) groups excluding carboxylic acids is 1. The number of primary amides is 1. The lowest BCUT2D eigenvalue weighted by atomic mass is 9.97. The monoisotopic (exact) mass is 251 g/mol. The number of nitrogens with zero attached hydrogens (tertiary/aromatic N) is 1. The van der Waals surface area contributed by atoms with Gasteiger partial charge in [-0.3, -0.25) is 14.9 Å². The lowest BCUT2D eigenvalue weighted by molar-refractivity contribution is -0.384. The van der Waals surface area contributed by atoms with Gasteiger partial charge in [-0.05, 0) is 17.5 Å². The first-order chi connectivity index (χ1) is 8.20. The maximum Gasteiger partial charge on any atom is 0.292 e. The number of rotatable bonds is 4. The van der Waals surface area contributed by atoms with E-state index in [0.29, 0.717) is 12.2 Å². The van der Waals surface area contributed by atoms with E-state index in [2.05, 4.69) is 5.32 Å². The number of nitrogens with one attached hydrogen (secondary N) is 1. The normalized spacial score (nSPS) is 11.1. The van der Waals surface area contributed by atoms with Gasteiger partial charge in [-0.15, -0.1) is 0 Å². The van der Waals surface area contributed by atoms with Crippen LogP contribution < -0.4 is 11.1 Å². The Labute approximate surface area is 105 Å². The molecule has 1 rings (SSSR count). The van der Waals surface area contributed by atoms with E-state index in [1.54, 1.807) is 0 Å². The summed E-state index contributed by atoms with van der Waals surface area (Å²) in [6.45, 7) is 6.56. The van der Waals surface area contributed by atoms with Crippen LogP contribution in [0.2, 0.25) is 0 Å². The van der Waals surface area contributed by atoms with Crippen molar-refractivity contribution in [2.45, 2.75) is 20.8 Å². The van der Waals surface area contributed by atoms with E-state index in [4.69, 9.17) is 5.73 Å². The summed E-state index contributed by atoms with van der Waals surface area (Å²) in [6.07, 6.45) is 0. The molecule has 18 heavy (non-hydrogen) atoms. The van der Waals surface area contributed by atoms with Gasteiger partial charge in [0, 0.05) is 18.2 Å². The van der Waals surface area contributed by atoms with Gasteiger partial charge in [-0.1, -0.05) is 20.8 Å². The number of nitro benzene ring substituents is 1. The molecule has 0 aliphatic heterocycles. The zero-order valence-corrected chi connectivity index (χ0v) is 10.7. The Bertz CT molecular complexity index is 478. The largest absolute Gasteiger partial charge is 0.379 e. The van der Waals surface area contributed by atoms with Crippen molar-refractivity contribution < 1.29 is 9.72 Å². The average molecular weight is 251 g/mol. The molecule has 0 saturated carbocycles. The quantitative estimate of drug-likeness (QED) is 0.632. The molecule has 0 spiro atoms. The van der Waals surface area contributed by atoms with Crippen molar-refractivity contribution in [1.82, 2.24) is 0 Å². The second kappa shape index (κ2) is 5.03. The summed E-state index contributed by atoms with van der Waals surface area (Å²) in [6, 6.07) is 4.04. The van der Waals surface area contributed by atoms with Crippen molar-refractivity contribution in [2.75, 3.05) is 11.9 Å². The van der Waals surface area contributed by atoms with Crippen LogP contribution in [0.4, 0.5) is 11.4 Å². The van der Waals surface area contributed by atoms with Gasteiger partial charge in [-0.2, -0.15) is 0 Å². The highest BCUT2D eigenvalue weighted by atomic mass is 16.6. The van der Waals surface area contributed by atoms with Gasteiger partial charge < -0.3 is 11.1 Å². The standard InChI is InChI=1S/C12H17N3O3/c1-12(2,3)7-14-9-6-8(11(13)16)4-5-10(9)15(17)18/h4-6,14H,7H2,1-3H3,(H2,13,16). The van der Waals surface area contributed by atoms with Crippen LogP contribution in [0.25, 0.3) is 0 Å². The van der Waals surface area contributed by atoms with E-state index in [0.717, 1.165) is 0 Å². The van der Waals surface area contributed by atoms with E-state index in [9.17, 15) is 14.9 Å². The van der Waals surface area contributed by atoms with E-state index in [1.165, 1.54) is 18.2 Å². The first-order valence-corrected chi connectivity index (χ1v) is 5.53. The Hall–Kier alpha value is -2.11. The summed E-state index contributed by atoms with van der Waals surface area (Å²) in [5.74, 6) is -0.608. The minimum Gasteiger partial charge on any atom is -0.379 e. The van der Waals surface area contributed by atoms with Crippen molar-refractivity contribution in [3.63, 3.8) is 0 Å². The molecule has 0 bridgehead atoms. The van der Waals surface area contributed by atoms with Crippen LogP contribution in [0.5, 0.6) is 0 Å². The molecule has 3 N–H and O–H groups in total. The molecule has 0 radical (unpaired) electrons. The Kier molecular flexibility index (Phi) is 3.90. The molecule has 6 nitrogen and oxygen atoms in total. The van der Waals surface area contributed by atoms with Crippen LogP contribution in [0.1, 0.15) is 31.1 Å².